The first-order valence-corrected chi connectivity index (χ1v) is 10.9. The van der Waals surface area contributed by atoms with Gasteiger partial charge in [-0.3, -0.25) is 5.01 Å². The van der Waals surface area contributed by atoms with Gasteiger partial charge >= 0.3 is 0 Å². The van der Waals surface area contributed by atoms with Crippen molar-refractivity contribution >= 4 is 37.2 Å². The number of halogens is 1. The van der Waals surface area contributed by atoms with Crippen molar-refractivity contribution in [3.05, 3.63) is 94.5 Å². The molecule has 2 unspecified atom stereocenters. The van der Waals surface area contributed by atoms with Crippen LogP contribution in [0.5, 0.6) is 0 Å². The minimum absolute atomic E-state index is 0.359. The molecule has 0 saturated heterocycles. The number of hydrazone groups is 1. The Bertz CT molecular complexity index is 1160. The van der Waals surface area contributed by atoms with E-state index >= 15 is 0 Å². The summed E-state index contributed by atoms with van der Waals surface area (Å²) in [5, 5.41) is 5.94. The number of nitrogens with zero attached hydrogens (tertiary/aromatic N) is 2. The summed E-state index contributed by atoms with van der Waals surface area (Å²) in [5.74, 6) is 0. The highest BCUT2D eigenvalue weighted by Gasteiger charge is 2.54. The van der Waals surface area contributed by atoms with Gasteiger partial charge < -0.3 is 0 Å². The average Bonchev–Trinajstić information content (AvgIpc) is 3.20. The zero-order valence-corrected chi connectivity index (χ0v) is 16.6. The van der Waals surface area contributed by atoms with Crippen LogP contribution in [0.15, 0.2) is 93.3 Å². The monoisotopic (exact) mass is 438 g/mol. The van der Waals surface area contributed by atoms with Gasteiger partial charge in [0, 0.05) is 4.47 Å². The lowest BCUT2D eigenvalue weighted by atomic mass is 9.98. The molecule has 0 fully saturated rings. The van der Waals surface area contributed by atoms with Crippen LogP contribution in [0, 0.1) is 0 Å². The van der Waals surface area contributed by atoms with Gasteiger partial charge in [-0.2, -0.15) is 5.10 Å². The first kappa shape index (κ1) is 16.7. The van der Waals surface area contributed by atoms with Gasteiger partial charge in [0.05, 0.1) is 16.3 Å². The minimum atomic E-state index is -3.51. The van der Waals surface area contributed by atoms with Crippen LogP contribution in [0.1, 0.15) is 17.2 Å². The number of fused-ring (bicyclic) bond motifs is 3. The lowest BCUT2D eigenvalue weighted by Gasteiger charge is -2.23. The molecule has 134 valence electrons. The van der Waals surface area contributed by atoms with Crippen molar-refractivity contribution in [1.29, 1.82) is 0 Å². The summed E-state index contributed by atoms with van der Waals surface area (Å²) in [4.78, 5) is 0.408. The second kappa shape index (κ2) is 6.04. The SMILES string of the molecule is O=S1(=O)c2ccccc2C2C1C(c1ccccc1)=NN2c1ccc(Br)cc1. The van der Waals surface area contributed by atoms with Crippen LogP contribution < -0.4 is 5.01 Å². The predicted octanol–water partition coefficient (Wildman–Crippen LogP) is 4.57. The molecule has 2 aliphatic heterocycles. The molecule has 6 heteroatoms. The van der Waals surface area contributed by atoms with Crippen LogP contribution in [0.2, 0.25) is 0 Å². The van der Waals surface area contributed by atoms with Crippen molar-refractivity contribution < 1.29 is 8.42 Å². The summed E-state index contributed by atoms with van der Waals surface area (Å²) in [7, 11) is -3.51. The van der Waals surface area contributed by atoms with E-state index in [9.17, 15) is 8.42 Å². The lowest BCUT2D eigenvalue weighted by Crippen LogP contribution is -2.30. The number of anilines is 1. The van der Waals surface area contributed by atoms with Gasteiger partial charge in [-0.05, 0) is 41.5 Å². The smallest absolute Gasteiger partial charge is 0.189 e. The standard InChI is InChI=1S/C21H15BrN2O2S/c22-15-10-12-16(13-11-15)24-20-17-8-4-5-9-18(17)27(25,26)21(20)19(23-24)14-6-2-1-3-7-14/h1-13,20-21H. The van der Waals surface area contributed by atoms with E-state index in [1.165, 1.54) is 0 Å². The molecule has 0 bridgehead atoms. The largest absolute Gasteiger partial charge is 0.256 e. The van der Waals surface area contributed by atoms with E-state index in [1.54, 1.807) is 12.1 Å². The molecule has 3 aromatic rings. The van der Waals surface area contributed by atoms with E-state index < -0.39 is 15.1 Å². The summed E-state index contributed by atoms with van der Waals surface area (Å²) in [6, 6.07) is 24.2. The zero-order chi connectivity index (χ0) is 18.6. The molecular weight excluding hydrogens is 424 g/mol. The maximum Gasteiger partial charge on any atom is 0.189 e. The molecule has 0 saturated carbocycles. The third-order valence-electron chi connectivity index (χ3n) is 5.07. The molecule has 5 rings (SSSR count). The summed E-state index contributed by atoms with van der Waals surface area (Å²) < 4.78 is 27.7. The zero-order valence-electron chi connectivity index (χ0n) is 14.2. The van der Waals surface area contributed by atoms with Gasteiger partial charge in [-0.15, -0.1) is 0 Å². The Morgan fingerprint density at radius 2 is 1.52 bits per heavy atom. The van der Waals surface area contributed by atoms with Gasteiger partial charge in [-0.25, -0.2) is 8.42 Å². The number of hydrogen-bond acceptors (Lipinski definition) is 4. The first-order chi connectivity index (χ1) is 13.1. The van der Waals surface area contributed by atoms with Crippen LogP contribution in [-0.4, -0.2) is 19.4 Å². The van der Waals surface area contributed by atoms with Crippen LogP contribution in [0.25, 0.3) is 0 Å². The molecule has 4 nitrogen and oxygen atoms in total. The number of benzene rings is 3. The van der Waals surface area contributed by atoms with Crippen molar-refractivity contribution in [3.63, 3.8) is 0 Å². The van der Waals surface area contributed by atoms with Crippen LogP contribution in [0.3, 0.4) is 0 Å². The van der Waals surface area contributed by atoms with E-state index in [0.717, 1.165) is 21.3 Å². The summed E-state index contributed by atoms with van der Waals surface area (Å²) >= 11 is 3.45. The molecule has 27 heavy (non-hydrogen) atoms. The molecule has 0 spiro atoms. The maximum absolute atomic E-state index is 13.4. The highest BCUT2D eigenvalue weighted by molar-refractivity contribution is 9.10. The van der Waals surface area contributed by atoms with Crippen LogP contribution >= 0.6 is 15.9 Å². The van der Waals surface area contributed by atoms with Crippen LogP contribution in [-0.2, 0) is 9.84 Å². The third-order valence-corrected chi connectivity index (χ3v) is 7.74. The third kappa shape index (κ3) is 2.47. The average molecular weight is 439 g/mol. The van der Waals surface area contributed by atoms with E-state index in [1.807, 2.05) is 71.7 Å². The van der Waals surface area contributed by atoms with E-state index in [0.29, 0.717) is 10.6 Å². The second-order valence-corrected chi connectivity index (χ2v) is 9.57. The van der Waals surface area contributed by atoms with Crippen molar-refractivity contribution in [2.75, 3.05) is 5.01 Å². The van der Waals surface area contributed by atoms with Gasteiger partial charge in [-0.1, -0.05) is 64.5 Å². The maximum atomic E-state index is 13.4. The van der Waals surface area contributed by atoms with Crippen molar-refractivity contribution in [2.24, 2.45) is 5.10 Å². The fourth-order valence-electron chi connectivity index (χ4n) is 3.89. The van der Waals surface area contributed by atoms with Gasteiger partial charge in [0.2, 0.25) is 0 Å². The Morgan fingerprint density at radius 1 is 0.852 bits per heavy atom. The van der Waals surface area contributed by atoms with Gasteiger partial charge in [0.25, 0.3) is 0 Å². The molecule has 3 aromatic carbocycles. The van der Waals surface area contributed by atoms with Crippen molar-refractivity contribution in [3.8, 4) is 0 Å². The number of rotatable bonds is 2. The molecular formula is C21H15BrN2O2S. The van der Waals surface area contributed by atoms with Gasteiger partial charge in [0.15, 0.2) is 9.84 Å². The fourth-order valence-corrected chi connectivity index (χ4v) is 6.29. The molecule has 2 heterocycles. The van der Waals surface area contributed by atoms with E-state index in [-0.39, 0.29) is 6.04 Å². The van der Waals surface area contributed by atoms with E-state index in [4.69, 9.17) is 5.10 Å². The predicted molar refractivity (Wildman–Crippen MR) is 110 cm³/mol. The number of sulfone groups is 1. The van der Waals surface area contributed by atoms with Crippen molar-refractivity contribution in [1.82, 2.24) is 0 Å². The summed E-state index contributed by atoms with van der Waals surface area (Å²) in [6.45, 7) is 0. The highest BCUT2D eigenvalue weighted by Crippen LogP contribution is 2.49. The highest BCUT2D eigenvalue weighted by atomic mass is 79.9. The second-order valence-electron chi connectivity index (χ2n) is 6.62. The summed E-state index contributed by atoms with van der Waals surface area (Å²) in [6.07, 6.45) is 0. The Balaban J connectivity index is 1.74. The quantitative estimate of drug-likeness (QED) is 0.588. The van der Waals surface area contributed by atoms with E-state index in [2.05, 4.69) is 15.9 Å². The lowest BCUT2D eigenvalue weighted by molar-refractivity contribution is 0.591. The van der Waals surface area contributed by atoms with Crippen molar-refractivity contribution in [2.45, 2.75) is 16.2 Å². The normalized spacial score (nSPS) is 22.3. The molecule has 2 atom stereocenters. The van der Waals surface area contributed by atoms with Crippen LogP contribution in [0.4, 0.5) is 5.69 Å². The Labute approximate surface area is 166 Å². The molecule has 0 N–H and O–H groups in total. The minimum Gasteiger partial charge on any atom is -0.256 e. The molecule has 0 radical (unpaired) electrons. The molecule has 0 amide bonds. The number of hydrogen-bond donors (Lipinski definition) is 0. The topological polar surface area (TPSA) is 49.7 Å². The Morgan fingerprint density at radius 3 is 2.26 bits per heavy atom. The molecule has 2 aliphatic rings. The molecule has 0 aliphatic carbocycles. The Kier molecular flexibility index (Phi) is 3.74. The fraction of sp³-hybridized carbons (Fsp3) is 0.0952. The molecule has 0 aromatic heterocycles. The van der Waals surface area contributed by atoms with Gasteiger partial charge in [0.1, 0.15) is 11.3 Å². The first-order valence-electron chi connectivity index (χ1n) is 8.59. The Hall–Kier alpha value is -2.44. The summed E-state index contributed by atoms with van der Waals surface area (Å²) in [5.41, 5.74) is 3.11.